The molecule has 0 amide bonds. The first kappa shape index (κ1) is 16.0. The Hall–Kier alpha value is -1.39. The minimum atomic E-state index is -4.40. The molecule has 5 heteroatoms. The number of halogens is 3. The average molecular weight is 300 g/mol. The molecule has 0 aromatic heterocycles. The minimum Gasteiger partial charge on any atom is -0.398 e. The Morgan fingerprint density at radius 3 is 2.14 bits per heavy atom. The monoisotopic (exact) mass is 300 g/mol. The summed E-state index contributed by atoms with van der Waals surface area (Å²) in [6.45, 7) is 8.25. The van der Waals surface area contributed by atoms with Gasteiger partial charge in [-0.15, -0.1) is 0 Å². The predicted molar refractivity (Wildman–Crippen MR) is 80.2 cm³/mol. The number of nitrogen functional groups attached to an aromatic ring is 1. The molecule has 1 aliphatic rings. The molecule has 0 unspecified atom stereocenters. The third kappa shape index (κ3) is 3.63. The molecule has 21 heavy (non-hydrogen) atoms. The lowest BCUT2D eigenvalue weighted by atomic mass is 9.75. The van der Waals surface area contributed by atoms with E-state index in [2.05, 4.69) is 20.8 Å². The molecule has 0 spiro atoms. The van der Waals surface area contributed by atoms with Crippen molar-refractivity contribution in [3.05, 3.63) is 23.8 Å². The van der Waals surface area contributed by atoms with Gasteiger partial charge in [-0.25, -0.2) is 0 Å². The second-order valence-corrected chi connectivity index (χ2v) is 6.90. The number of nitrogens with zero attached hydrogens (tertiary/aromatic N) is 1. The molecule has 1 aromatic rings. The van der Waals surface area contributed by atoms with Crippen LogP contribution in [-0.4, -0.2) is 13.1 Å². The van der Waals surface area contributed by atoms with E-state index in [1.54, 1.807) is 6.07 Å². The average Bonchev–Trinajstić information content (AvgIpc) is 2.37. The van der Waals surface area contributed by atoms with Crippen molar-refractivity contribution in [2.45, 2.75) is 39.8 Å². The van der Waals surface area contributed by atoms with Gasteiger partial charge in [0.1, 0.15) is 0 Å². The summed E-state index contributed by atoms with van der Waals surface area (Å²) in [4.78, 5) is 2.02. The summed E-state index contributed by atoms with van der Waals surface area (Å²) in [5.74, 6) is 0.615. The number of anilines is 2. The van der Waals surface area contributed by atoms with E-state index in [0.29, 0.717) is 11.6 Å². The first-order valence-electron chi connectivity index (χ1n) is 7.30. The molecule has 0 saturated carbocycles. The van der Waals surface area contributed by atoms with Gasteiger partial charge in [0.05, 0.1) is 5.56 Å². The van der Waals surface area contributed by atoms with E-state index in [0.717, 1.165) is 25.9 Å². The van der Waals surface area contributed by atoms with Crippen molar-refractivity contribution >= 4 is 11.4 Å². The number of piperidine rings is 1. The maximum atomic E-state index is 12.9. The summed E-state index contributed by atoms with van der Waals surface area (Å²) >= 11 is 0. The molecule has 2 rings (SSSR count). The largest absolute Gasteiger partial charge is 0.418 e. The predicted octanol–water partition coefficient (Wildman–Crippen LogP) is 4.55. The number of nitrogens with two attached hydrogens (primary N) is 1. The lowest BCUT2D eigenvalue weighted by molar-refractivity contribution is -0.136. The van der Waals surface area contributed by atoms with Crippen molar-refractivity contribution in [2.24, 2.45) is 11.3 Å². The molecule has 1 aliphatic heterocycles. The normalized spacial score (nSPS) is 18.1. The van der Waals surface area contributed by atoms with Crippen LogP contribution in [0.1, 0.15) is 39.2 Å². The second-order valence-electron chi connectivity index (χ2n) is 6.90. The Bertz CT molecular complexity index is 495. The molecular weight excluding hydrogens is 277 g/mol. The van der Waals surface area contributed by atoms with Gasteiger partial charge in [-0.2, -0.15) is 13.2 Å². The lowest BCUT2D eigenvalue weighted by Crippen LogP contribution is -2.38. The molecule has 1 heterocycles. The van der Waals surface area contributed by atoms with Crippen LogP contribution in [0.4, 0.5) is 24.5 Å². The van der Waals surface area contributed by atoms with Gasteiger partial charge in [0.2, 0.25) is 0 Å². The highest BCUT2D eigenvalue weighted by Crippen LogP contribution is 2.38. The number of alkyl halides is 3. The van der Waals surface area contributed by atoms with Crippen LogP contribution in [0.25, 0.3) is 0 Å². The SMILES string of the molecule is CC(C)(C)C1CCN(c2ccc(N)c(C(F)(F)F)c2)CC1. The molecule has 1 aromatic carbocycles. The second kappa shape index (κ2) is 5.43. The van der Waals surface area contributed by atoms with Gasteiger partial charge in [-0.1, -0.05) is 20.8 Å². The molecule has 1 fully saturated rings. The maximum Gasteiger partial charge on any atom is 0.418 e. The Kier molecular flexibility index (Phi) is 4.13. The van der Waals surface area contributed by atoms with Gasteiger partial charge in [0, 0.05) is 24.5 Å². The molecule has 0 radical (unpaired) electrons. The van der Waals surface area contributed by atoms with E-state index in [4.69, 9.17) is 5.73 Å². The van der Waals surface area contributed by atoms with E-state index in [-0.39, 0.29) is 11.1 Å². The van der Waals surface area contributed by atoms with Gasteiger partial charge in [0.15, 0.2) is 0 Å². The summed E-state index contributed by atoms with van der Waals surface area (Å²) in [6.07, 6.45) is -2.38. The summed E-state index contributed by atoms with van der Waals surface area (Å²) < 4.78 is 38.7. The number of hydrogen-bond donors (Lipinski definition) is 1. The Labute approximate surface area is 124 Å². The van der Waals surface area contributed by atoms with Crippen molar-refractivity contribution in [3.8, 4) is 0 Å². The maximum absolute atomic E-state index is 12.9. The third-order valence-electron chi connectivity index (χ3n) is 4.43. The van der Waals surface area contributed by atoms with Crippen LogP contribution in [0.5, 0.6) is 0 Å². The molecule has 0 atom stereocenters. The molecule has 0 aliphatic carbocycles. The first-order valence-corrected chi connectivity index (χ1v) is 7.30. The summed E-state index contributed by atoms with van der Waals surface area (Å²) in [6, 6.07) is 4.21. The Balaban J connectivity index is 2.14. The molecule has 2 nitrogen and oxygen atoms in total. The van der Waals surface area contributed by atoms with Gasteiger partial charge in [-0.3, -0.25) is 0 Å². The van der Waals surface area contributed by atoms with Crippen molar-refractivity contribution in [1.82, 2.24) is 0 Å². The standard InChI is InChI=1S/C16H23F3N2/c1-15(2,3)11-6-8-21(9-7-11)12-4-5-14(20)13(10-12)16(17,18)19/h4-5,10-11H,6-9,20H2,1-3H3. The van der Waals surface area contributed by atoms with Gasteiger partial charge in [-0.05, 0) is 42.4 Å². The molecule has 2 N–H and O–H groups in total. The Morgan fingerprint density at radius 1 is 1.10 bits per heavy atom. The lowest BCUT2D eigenvalue weighted by Gasteiger charge is -2.40. The van der Waals surface area contributed by atoms with E-state index in [9.17, 15) is 13.2 Å². The highest BCUT2D eigenvalue weighted by Gasteiger charge is 2.34. The van der Waals surface area contributed by atoms with Crippen molar-refractivity contribution in [1.29, 1.82) is 0 Å². The minimum absolute atomic E-state index is 0.212. The third-order valence-corrected chi connectivity index (χ3v) is 4.43. The van der Waals surface area contributed by atoms with E-state index < -0.39 is 11.7 Å². The van der Waals surface area contributed by atoms with Gasteiger partial charge < -0.3 is 10.6 Å². The fourth-order valence-electron chi connectivity index (χ4n) is 2.99. The first-order chi connectivity index (χ1) is 9.59. The molecule has 1 saturated heterocycles. The zero-order valence-corrected chi connectivity index (χ0v) is 12.8. The highest BCUT2D eigenvalue weighted by atomic mass is 19.4. The van der Waals surface area contributed by atoms with Crippen LogP contribution < -0.4 is 10.6 Å². The summed E-state index contributed by atoms with van der Waals surface area (Å²) in [5.41, 5.74) is 5.36. The van der Waals surface area contributed by atoms with Crippen LogP contribution >= 0.6 is 0 Å². The van der Waals surface area contributed by atoms with Crippen LogP contribution in [0, 0.1) is 11.3 Å². The van der Waals surface area contributed by atoms with Crippen molar-refractivity contribution < 1.29 is 13.2 Å². The Morgan fingerprint density at radius 2 is 1.67 bits per heavy atom. The van der Waals surface area contributed by atoms with Crippen molar-refractivity contribution in [3.63, 3.8) is 0 Å². The molecule has 0 bridgehead atoms. The highest BCUT2D eigenvalue weighted by molar-refractivity contribution is 5.59. The van der Waals surface area contributed by atoms with Crippen LogP contribution in [0.3, 0.4) is 0 Å². The summed E-state index contributed by atoms with van der Waals surface area (Å²) in [5, 5.41) is 0. The topological polar surface area (TPSA) is 29.3 Å². The quantitative estimate of drug-likeness (QED) is 0.771. The van der Waals surface area contributed by atoms with E-state index >= 15 is 0 Å². The fourth-order valence-corrected chi connectivity index (χ4v) is 2.99. The zero-order valence-electron chi connectivity index (χ0n) is 12.8. The van der Waals surface area contributed by atoms with E-state index in [1.807, 2.05) is 4.90 Å². The van der Waals surface area contributed by atoms with Crippen molar-refractivity contribution in [2.75, 3.05) is 23.7 Å². The van der Waals surface area contributed by atoms with E-state index in [1.165, 1.54) is 12.1 Å². The molecule has 118 valence electrons. The van der Waals surface area contributed by atoms with Crippen LogP contribution in [0.2, 0.25) is 0 Å². The fraction of sp³-hybridized carbons (Fsp3) is 0.625. The van der Waals surface area contributed by atoms with Gasteiger partial charge >= 0.3 is 6.18 Å². The van der Waals surface area contributed by atoms with Crippen LogP contribution in [-0.2, 0) is 6.18 Å². The summed E-state index contributed by atoms with van der Waals surface area (Å²) in [7, 11) is 0. The van der Waals surface area contributed by atoms with Crippen LogP contribution in [0.15, 0.2) is 18.2 Å². The zero-order chi connectivity index (χ0) is 15.8. The number of benzene rings is 1. The number of hydrogen-bond acceptors (Lipinski definition) is 2. The van der Waals surface area contributed by atoms with Gasteiger partial charge in [0.25, 0.3) is 0 Å². The molecular formula is C16H23F3N2. The number of rotatable bonds is 1. The smallest absolute Gasteiger partial charge is 0.398 e.